The summed E-state index contributed by atoms with van der Waals surface area (Å²) in [6.45, 7) is 6.15. The number of hydrogen-bond donors (Lipinski definition) is 2. The number of hydrogen-bond acceptors (Lipinski definition) is 5. The molecule has 1 aromatic rings. The van der Waals surface area contributed by atoms with Gasteiger partial charge in [-0.3, -0.25) is 4.79 Å². The van der Waals surface area contributed by atoms with E-state index < -0.39 is 0 Å². The molecule has 1 atom stereocenters. The zero-order valence-corrected chi connectivity index (χ0v) is 11.1. The number of rotatable bonds is 4. The van der Waals surface area contributed by atoms with Gasteiger partial charge >= 0.3 is 0 Å². The van der Waals surface area contributed by atoms with Gasteiger partial charge in [-0.15, -0.1) is 0 Å². The summed E-state index contributed by atoms with van der Waals surface area (Å²) in [7, 11) is 0. The maximum atomic E-state index is 11.7. The highest BCUT2D eigenvalue weighted by Crippen LogP contribution is 2.21. The zero-order chi connectivity index (χ0) is 13.3. The molecule has 1 aliphatic carbocycles. The fourth-order valence-corrected chi connectivity index (χ4v) is 1.40. The summed E-state index contributed by atoms with van der Waals surface area (Å²) >= 11 is 0. The van der Waals surface area contributed by atoms with Crippen LogP contribution in [0.4, 0.5) is 0 Å². The summed E-state index contributed by atoms with van der Waals surface area (Å²) < 4.78 is 5.05. The maximum absolute atomic E-state index is 11.7. The van der Waals surface area contributed by atoms with Crippen LogP contribution in [0.25, 0.3) is 0 Å². The molecule has 1 saturated carbocycles. The number of carbonyl (C=O) groups excluding carboxylic acids is 1. The monoisotopic (exact) mass is 252 g/mol. The maximum Gasteiger partial charge on any atom is 0.292 e. The van der Waals surface area contributed by atoms with Gasteiger partial charge in [-0.05, 0) is 18.3 Å². The molecule has 2 rings (SSSR count). The number of carbonyl (C=O) groups is 1. The normalized spacial score (nSPS) is 17.6. The van der Waals surface area contributed by atoms with Crippen LogP contribution in [0.2, 0.25) is 0 Å². The molecule has 0 spiro atoms. The van der Waals surface area contributed by atoms with Gasteiger partial charge in [-0.1, -0.05) is 25.9 Å². The summed E-state index contributed by atoms with van der Waals surface area (Å²) in [5.41, 5.74) is 5.99. The molecule has 6 nitrogen and oxygen atoms in total. The van der Waals surface area contributed by atoms with Crippen molar-refractivity contribution in [2.24, 2.45) is 11.1 Å². The van der Waals surface area contributed by atoms with Crippen molar-refractivity contribution in [2.75, 3.05) is 0 Å². The van der Waals surface area contributed by atoms with Crippen molar-refractivity contribution >= 4 is 5.91 Å². The molecule has 1 amide bonds. The van der Waals surface area contributed by atoms with E-state index >= 15 is 0 Å². The topological polar surface area (TPSA) is 94.0 Å². The molecule has 1 fully saturated rings. The van der Waals surface area contributed by atoms with Crippen LogP contribution < -0.4 is 11.1 Å². The van der Waals surface area contributed by atoms with Crippen molar-refractivity contribution in [3.05, 3.63) is 11.7 Å². The van der Waals surface area contributed by atoms with E-state index in [-0.39, 0.29) is 29.2 Å². The van der Waals surface area contributed by atoms with E-state index in [1.807, 2.05) is 0 Å². The lowest BCUT2D eigenvalue weighted by atomic mass is 9.85. The molecule has 0 aromatic carbocycles. The van der Waals surface area contributed by atoms with Crippen molar-refractivity contribution in [2.45, 2.75) is 52.1 Å². The molecule has 100 valence electrons. The third kappa shape index (κ3) is 3.29. The Hall–Kier alpha value is -1.43. The van der Waals surface area contributed by atoms with E-state index in [4.69, 9.17) is 10.3 Å². The van der Waals surface area contributed by atoms with E-state index in [0.29, 0.717) is 12.3 Å². The molecule has 6 heteroatoms. The molecular formula is C12H20N4O2. The minimum atomic E-state index is -0.267. The number of nitrogens with zero attached hydrogens (tertiary/aromatic N) is 2. The van der Waals surface area contributed by atoms with Gasteiger partial charge in [0.05, 0.1) is 0 Å². The predicted octanol–water partition coefficient (Wildman–Crippen LogP) is 0.878. The first kappa shape index (κ1) is 13.0. The van der Waals surface area contributed by atoms with E-state index in [9.17, 15) is 4.79 Å². The number of nitrogens with one attached hydrogen (secondary N) is 1. The molecule has 1 aliphatic rings. The van der Waals surface area contributed by atoms with Crippen molar-refractivity contribution < 1.29 is 9.32 Å². The quantitative estimate of drug-likeness (QED) is 0.829. The third-order valence-corrected chi connectivity index (χ3v) is 3.09. The van der Waals surface area contributed by atoms with Crippen LogP contribution in [0, 0.1) is 5.41 Å². The standard InChI is InChI=1S/C12H20N4O2/c1-12(2,3)8(13)6-9-15-10(16-18-9)11(17)14-7-4-5-7/h7-8H,4-6,13H2,1-3H3,(H,14,17). The van der Waals surface area contributed by atoms with Gasteiger partial charge in [-0.25, -0.2) is 0 Å². The van der Waals surface area contributed by atoms with E-state index in [0.717, 1.165) is 12.8 Å². The van der Waals surface area contributed by atoms with E-state index in [1.165, 1.54) is 0 Å². The van der Waals surface area contributed by atoms with E-state index in [1.54, 1.807) is 0 Å². The predicted molar refractivity (Wildman–Crippen MR) is 65.9 cm³/mol. The van der Waals surface area contributed by atoms with Crippen LogP contribution in [0.3, 0.4) is 0 Å². The molecular weight excluding hydrogens is 232 g/mol. The molecule has 3 N–H and O–H groups in total. The smallest absolute Gasteiger partial charge is 0.292 e. The van der Waals surface area contributed by atoms with Gasteiger partial charge in [0, 0.05) is 18.5 Å². The Bertz CT molecular complexity index is 432. The van der Waals surface area contributed by atoms with Crippen LogP contribution in [-0.2, 0) is 6.42 Å². The molecule has 18 heavy (non-hydrogen) atoms. The summed E-state index contributed by atoms with van der Waals surface area (Å²) in [5, 5.41) is 6.49. The third-order valence-electron chi connectivity index (χ3n) is 3.09. The molecule has 0 radical (unpaired) electrons. The minimum Gasteiger partial charge on any atom is -0.346 e. The second-order valence-corrected chi connectivity index (χ2v) is 5.94. The first-order chi connectivity index (χ1) is 8.36. The Kier molecular flexibility index (Phi) is 3.38. The second-order valence-electron chi connectivity index (χ2n) is 5.94. The van der Waals surface area contributed by atoms with Crippen molar-refractivity contribution in [3.8, 4) is 0 Å². The molecule has 0 aliphatic heterocycles. The van der Waals surface area contributed by atoms with Gasteiger partial charge < -0.3 is 15.6 Å². The minimum absolute atomic E-state index is 0.0368. The van der Waals surface area contributed by atoms with Gasteiger partial charge in [0.15, 0.2) is 0 Å². The number of aromatic nitrogens is 2. The average molecular weight is 252 g/mol. The van der Waals surface area contributed by atoms with Crippen molar-refractivity contribution in [3.63, 3.8) is 0 Å². The molecule has 0 saturated heterocycles. The van der Waals surface area contributed by atoms with Crippen LogP contribution in [-0.4, -0.2) is 28.1 Å². The first-order valence-electron chi connectivity index (χ1n) is 6.25. The van der Waals surface area contributed by atoms with Crippen molar-refractivity contribution in [1.29, 1.82) is 0 Å². The summed E-state index contributed by atoms with van der Waals surface area (Å²) in [4.78, 5) is 15.7. The first-order valence-corrected chi connectivity index (χ1v) is 6.25. The number of nitrogens with two attached hydrogens (primary N) is 1. The zero-order valence-electron chi connectivity index (χ0n) is 11.1. The Balaban J connectivity index is 1.94. The molecule has 1 aromatic heterocycles. The van der Waals surface area contributed by atoms with Crippen LogP contribution in [0.5, 0.6) is 0 Å². The largest absolute Gasteiger partial charge is 0.346 e. The highest BCUT2D eigenvalue weighted by molar-refractivity contribution is 5.90. The molecule has 0 bridgehead atoms. The Labute approximate surface area is 106 Å². The van der Waals surface area contributed by atoms with E-state index in [2.05, 4.69) is 36.2 Å². The fourth-order valence-electron chi connectivity index (χ4n) is 1.40. The van der Waals surface area contributed by atoms with Gasteiger partial charge in [0.2, 0.25) is 5.89 Å². The van der Waals surface area contributed by atoms with Crippen LogP contribution in [0.1, 0.15) is 50.1 Å². The number of amides is 1. The second kappa shape index (κ2) is 4.68. The molecule has 1 heterocycles. The average Bonchev–Trinajstić information content (AvgIpc) is 2.93. The Morgan fingerprint density at radius 3 is 2.78 bits per heavy atom. The van der Waals surface area contributed by atoms with Gasteiger partial charge in [0.1, 0.15) is 0 Å². The summed E-state index contributed by atoms with van der Waals surface area (Å²) in [6.07, 6.45) is 2.55. The summed E-state index contributed by atoms with van der Waals surface area (Å²) in [6, 6.07) is 0.202. The van der Waals surface area contributed by atoms with Crippen LogP contribution in [0.15, 0.2) is 4.52 Å². The highest BCUT2D eigenvalue weighted by atomic mass is 16.5. The van der Waals surface area contributed by atoms with Crippen molar-refractivity contribution in [1.82, 2.24) is 15.5 Å². The highest BCUT2D eigenvalue weighted by Gasteiger charge is 2.27. The lowest BCUT2D eigenvalue weighted by molar-refractivity contribution is 0.0937. The molecule has 1 unspecified atom stereocenters. The lowest BCUT2D eigenvalue weighted by Crippen LogP contribution is -2.37. The summed E-state index contributed by atoms with van der Waals surface area (Å²) in [5.74, 6) is 0.244. The van der Waals surface area contributed by atoms with Gasteiger partial charge in [-0.2, -0.15) is 4.98 Å². The lowest BCUT2D eigenvalue weighted by Gasteiger charge is -2.25. The SMILES string of the molecule is CC(C)(C)C(N)Cc1nc(C(=O)NC2CC2)no1. The Morgan fingerprint density at radius 1 is 1.56 bits per heavy atom. The fraction of sp³-hybridized carbons (Fsp3) is 0.750. The Morgan fingerprint density at radius 2 is 2.22 bits per heavy atom. The van der Waals surface area contributed by atoms with Crippen LogP contribution >= 0.6 is 0 Å². The van der Waals surface area contributed by atoms with Gasteiger partial charge in [0.25, 0.3) is 11.7 Å².